The Bertz CT molecular complexity index is 1600. The highest BCUT2D eigenvalue weighted by molar-refractivity contribution is 6.30. The van der Waals surface area contributed by atoms with Gasteiger partial charge in [0.2, 0.25) is 5.78 Å². The fraction of sp³-hybridized carbons (Fsp3) is 0.500. The van der Waals surface area contributed by atoms with Gasteiger partial charge < -0.3 is 34.8 Å². The molecule has 0 aromatic heterocycles. The second kappa shape index (κ2) is 13.6. The van der Waals surface area contributed by atoms with E-state index in [-0.39, 0.29) is 57.4 Å². The van der Waals surface area contributed by atoms with E-state index in [4.69, 9.17) is 14.2 Å². The summed E-state index contributed by atoms with van der Waals surface area (Å²) in [6.07, 6.45) is 6.39. The third kappa shape index (κ3) is 6.44. The zero-order valence-corrected chi connectivity index (χ0v) is 28.3. The summed E-state index contributed by atoms with van der Waals surface area (Å²) in [6, 6.07) is 0. The number of allylic oxidation sites excluding steroid dienone is 4. The first-order chi connectivity index (χ1) is 22.0. The number of hydrogen-bond acceptors (Lipinski definition) is 10. The lowest BCUT2D eigenvalue weighted by atomic mass is 9.74. The van der Waals surface area contributed by atoms with Crippen LogP contribution in [0.3, 0.4) is 0 Å². The van der Waals surface area contributed by atoms with Crippen molar-refractivity contribution in [2.75, 3.05) is 7.11 Å². The number of phenols is 1. The molecule has 5 bridgehead atoms. The van der Waals surface area contributed by atoms with E-state index in [1.807, 2.05) is 20.8 Å². The summed E-state index contributed by atoms with van der Waals surface area (Å²) in [5.74, 6) is -6.92. The molecule has 0 saturated carbocycles. The first kappa shape index (κ1) is 35.8. The monoisotopic (exact) mass is 651 g/mol. The Morgan fingerprint density at radius 1 is 0.872 bits per heavy atom. The molecule has 3 aliphatic heterocycles. The minimum absolute atomic E-state index is 0.0548. The van der Waals surface area contributed by atoms with Gasteiger partial charge in [0.15, 0.2) is 5.78 Å². The van der Waals surface area contributed by atoms with E-state index in [0.29, 0.717) is 0 Å². The fourth-order valence-corrected chi connectivity index (χ4v) is 6.44. The number of nitrogens with one attached hydrogen (secondary N) is 1. The first-order valence-corrected chi connectivity index (χ1v) is 15.8. The van der Waals surface area contributed by atoms with Gasteiger partial charge in [-0.15, -0.1) is 0 Å². The predicted octanol–water partition coefficient (Wildman–Crippen LogP) is 4.33. The van der Waals surface area contributed by atoms with Gasteiger partial charge in [0.1, 0.15) is 11.5 Å². The fourth-order valence-electron chi connectivity index (χ4n) is 6.44. The number of ketones is 3. The van der Waals surface area contributed by atoms with Gasteiger partial charge in [-0.3, -0.25) is 19.2 Å². The summed E-state index contributed by atoms with van der Waals surface area (Å²) in [5.41, 5.74) is -1.05. The number of amides is 1. The topological polar surface area (TPSA) is 169 Å². The highest BCUT2D eigenvalue weighted by atomic mass is 16.7. The standard InChI is InChI=1S/C36H45NO10/c1-16-11-10-12-17(2)35(44)37-23-15-24(38)26-27(32(23)42)31(41)22(7)33-28(26)34(43)36(8,47-33)46-14-13-25(45-9)19(4)18(3)20(5)30(40)21(6)29(16)39/h10-16,18-21,25,29-30,39-41H,1-9H3,(H,37,44)/b11-10+,14-13+,17-12-/t16-,18+,19-,20-,21+,25-,29-,30-,36-/m0/s1. The van der Waals surface area contributed by atoms with Crippen LogP contribution in [0.15, 0.2) is 47.9 Å². The van der Waals surface area contributed by atoms with Crippen molar-refractivity contribution in [1.29, 1.82) is 0 Å². The molecular formula is C36H45NO10. The summed E-state index contributed by atoms with van der Waals surface area (Å²) >= 11 is 0. The maximum Gasteiger partial charge on any atom is 0.312 e. The van der Waals surface area contributed by atoms with Gasteiger partial charge in [-0.05, 0) is 37.7 Å². The van der Waals surface area contributed by atoms with Crippen molar-refractivity contribution in [3.05, 3.63) is 70.2 Å². The number of benzene rings is 1. The molecule has 254 valence electrons. The van der Waals surface area contributed by atoms with E-state index in [1.165, 1.54) is 40.2 Å². The van der Waals surface area contributed by atoms with Crippen LogP contribution in [0.4, 0.5) is 0 Å². The molecule has 3 heterocycles. The number of aliphatic hydroxyl groups is 2. The van der Waals surface area contributed by atoms with Crippen LogP contribution in [0.1, 0.15) is 85.1 Å². The van der Waals surface area contributed by atoms with Crippen molar-refractivity contribution < 1.29 is 48.7 Å². The highest BCUT2D eigenvalue weighted by Crippen LogP contribution is 2.47. The lowest BCUT2D eigenvalue weighted by Gasteiger charge is -2.37. The summed E-state index contributed by atoms with van der Waals surface area (Å²) in [5, 5.41) is 35.9. The van der Waals surface area contributed by atoms with Gasteiger partial charge >= 0.3 is 5.79 Å². The SMILES string of the molecule is CO[C@H]1/C=C/O[C@@]2(C)Oc3c(C)c(O)c4c(c3C2=O)C(=O)C=C(NC(=O)/C(C)=C\C=C\[C@H](C)[C@H](O)[C@@H](C)[C@@H](O)[C@@H](C)[C@H](C)[C@@H]1C)C4=O. The second-order valence-corrected chi connectivity index (χ2v) is 13.2. The zero-order chi connectivity index (χ0) is 35.1. The van der Waals surface area contributed by atoms with Gasteiger partial charge in [0.25, 0.3) is 11.7 Å². The molecule has 11 nitrogen and oxygen atoms in total. The average molecular weight is 652 g/mol. The van der Waals surface area contributed by atoms with Crippen LogP contribution in [-0.4, -0.2) is 69.8 Å². The number of hydrogen-bond donors (Lipinski definition) is 4. The van der Waals surface area contributed by atoms with E-state index < -0.39 is 64.6 Å². The maximum atomic E-state index is 13.8. The largest absolute Gasteiger partial charge is 0.507 e. The van der Waals surface area contributed by atoms with E-state index in [2.05, 4.69) is 5.32 Å². The smallest absolute Gasteiger partial charge is 0.312 e. The van der Waals surface area contributed by atoms with Crippen LogP contribution in [0.5, 0.6) is 11.5 Å². The summed E-state index contributed by atoms with van der Waals surface area (Å²) in [6.45, 7) is 13.8. The van der Waals surface area contributed by atoms with Gasteiger partial charge in [-0.2, -0.15) is 0 Å². The molecule has 1 aliphatic carbocycles. The van der Waals surface area contributed by atoms with Crippen molar-refractivity contribution in [2.45, 2.75) is 79.5 Å². The molecule has 0 unspecified atom stereocenters. The lowest BCUT2D eigenvalue weighted by Crippen LogP contribution is -2.41. The molecule has 0 spiro atoms. The van der Waals surface area contributed by atoms with Crippen LogP contribution in [0, 0.1) is 36.5 Å². The lowest BCUT2D eigenvalue weighted by molar-refractivity contribution is -0.116. The molecule has 11 heteroatoms. The number of methoxy groups -OCH3 is 1. The second-order valence-electron chi connectivity index (χ2n) is 13.2. The minimum Gasteiger partial charge on any atom is -0.507 e. The molecule has 5 rings (SSSR count). The summed E-state index contributed by atoms with van der Waals surface area (Å²) in [4.78, 5) is 53.8. The summed E-state index contributed by atoms with van der Waals surface area (Å²) in [7, 11) is 1.53. The Labute approximate surface area is 275 Å². The van der Waals surface area contributed by atoms with Gasteiger partial charge in [0.05, 0.1) is 47.0 Å². The molecule has 4 aliphatic rings. The van der Waals surface area contributed by atoms with Crippen LogP contribution in [-0.2, 0) is 14.3 Å². The van der Waals surface area contributed by atoms with Crippen LogP contribution >= 0.6 is 0 Å². The first-order valence-electron chi connectivity index (χ1n) is 15.8. The number of rotatable bonds is 1. The maximum absolute atomic E-state index is 13.8. The number of phenolic OH excluding ortho intramolecular Hbond substituents is 1. The Hall–Kier alpha value is -4.06. The molecule has 0 saturated heterocycles. The number of aromatic hydroxyl groups is 1. The molecule has 1 aromatic rings. The normalized spacial score (nSPS) is 36.1. The molecule has 1 aromatic carbocycles. The van der Waals surface area contributed by atoms with E-state index in [0.717, 1.165) is 6.08 Å². The molecule has 4 N–H and O–H groups in total. The molecule has 0 radical (unpaired) electrons. The van der Waals surface area contributed by atoms with Crippen molar-refractivity contribution in [3.63, 3.8) is 0 Å². The predicted molar refractivity (Wildman–Crippen MR) is 173 cm³/mol. The Morgan fingerprint density at radius 2 is 1.53 bits per heavy atom. The number of carbonyl (C=O) groups is 4. The highest BCUT2D eigenvalue weighted by Gasteiger charge is 2.51. The molecule has 47 heavy (non-hydrogen) atoms. The third-order valence-corrected chi connectivity index (χ3v) is 10.1. The molecule has 1 amide bonds. The van der Waals surface area contributed by atoms with Gasteiger partial charge in [-0.25, -0.2) is 0 Å². The number of carbonyl (C=O) groups excluding carboxylic acids is 4. The van der Waals surface area contributed by atoms with E-state index in [1.54, 1.807) is 32.1 Å². The van der Waals surface area contributed by atoms with Crippen LogP contribution in [0.2, 0.25) is 0 Å². The van der Waals surface area contributed by atoms with Crippen LogP contribution in [0.25, 0.3) is 0 Å². The zero-order valence-electron chi connectivity index (χ0n) is 28.3. The van der Waals surface area contributed by atoms with Gasteiger partial charge in [-0.1, -0.05) is 52.8 Å². The quantitative estimate of drug-likeness (QED) is 0.343. The number of fused-ring (bicyclic) bond motifs is 14. The van der Waals surface area contributed by atoms with Crippen molar-refractivity contribution in [3.8, 4) is 11.5 Å². The van der Waals surface area contributed by atoms with E-state index >= 15 is 0 Å². The number of aliphatic hydroxyl groups excluding tert-OH is 2. The number of ether oxygens (including phenoxy) is 3. The van der Waals surface area contributed by atoms with Crippen molar-refractivity contribution in [2.24, 2.45) is 29.6 Å². The van der Waals surface area contributed by atoms with Crippen molar-refractivity contribution >= 4 is 23.3 Å². The Kier molecular flexibility index (Phi) is 10.3. The van der Waals surface area contributed by atoms with Crippen molar-refractivity contribution in [1.82, 2.24) is 5.32 Å². The average Bonchev–Trinajstić information content (AvgIpc) is 3.30. The van der Waals surface area contributed by atoms with Gasteiger partial charge in [0, 0.05) is 43.1 Å². The van der Waals surface area contributed by atoms with Crippen LogP contribution < -0.4 is 10.1 Å². The molecule has 9 atom stereocenters. The summed E-state index contributed by atoms with van der Waals surface area (Å²) < 4.78 is 17.5. The Balaban J connectivity index is 1.80. The van der Waals surface area contributed by atoms with E-state index in [9.17, 15) is 34.5 Å². The molecular weight excluding hydrogens is 606 g/mol. The minimum atomic E-state index is -1.94. The molecule has 0 fully saturated rings. The third-order valence-electron chi connectivity index (χ3n) is 10.1. The Morgan fingerprint density at radius 3 is 2.17 bits per heavy atom. The number of Topliss-reactive ketones (excluding diaryl/α,β-unsaturated/α-hetero) is 2.